The Balaban J connectivity index is 1.55. The van der Waals surface area contributed by atoms with E-state index in [0.29, 0.717) is 12.5 Å². The molecule has 21 heavy (non-hydrogen) atoms. The number of carbonyl (C=O) groups is 1. The van der Waals surface area contributed by atoms with Crippen molar-refractivity contribution in [1.82, 2.24) is 15.5 Å². The number of carbonyl (C=O) groups excluding carboxylic acids is 1. The highest BCUT2D eigenvalue weighted by Crippen LogP contribution is 2.15. The molecule has 2 heterocycles. The third kappa shape index (κ3) is 6.03. The molecule has 1 aliphatic heterocycles. The van der Waals surface area contributed by atoms with Gasteiger partial charge in [-0.3, -0.25) is 0 Å². The minimum Gasteiger partial charge on any atom is -0.383 e. The van der Waals surface area contributed by atoms with E-state index in [-0.39, 0.29) is 6.03 Å². The van der Waals surface area contributed by atoms with E-state index in [2.05, 4.69) is 15.5 Å². The quantitative estimate of drug-likeness (QED) is 0.809. The summed E-state index contributed by atoms with van der Waals surface area (Å²) in [5, 5.41) is 7.90. The van der Waals surface area contributed by atoms with Gasteiger partial charge < -0.3 is 20.3 Å². The molecule has 5 nitrogen and oxygen atoms in total. The number of likely N-dealkylation sites (tertiary alicyclic amines) is 1. The third-order valence-electron chi connectivity index (χ3n) is 3.87. The van der Waals surface area contributed by atoms with Crippen molar-refractivity contribution in [2.24, 2.45) is 5.92 Å². The van der Waals surface area contributed by atoms with Gasteiger partial charge in [-0.15, -0.1) is 11.3 Å². The fraction of sp³-hybridized carbons (Fsp3) is 0.667. The summed E-state index contributed by atoms with van der Waals surface area (Å²) in [6.45, 7) is 5.40. The SMILES string of the molecule is COCCN1CCC(CNC(=O)NCc2cccs2)CC1. The molecule has 1 aromatic heterocycles. The molecule has 0 radical (unpaired) electrons. The second kappa shape index (κ2) is 9.02. The fourth-order valence-electron chi connectivity index (χ4n) is 2.51. The first-order chi connectivity index (χ1) is 10.3. The summed E-state index contributed by atoms with van der Waals surface area (Å²) in [5.74, 6) is 0.594. The highest BCUT2D eigenvalue weighted by Gasteiger charge is 2.19. The second-order valence-corrected chi connectivity index (χ2v) is 6.45. The lowest BCUT2D eigenvalue weighted by Crippen LogP contribution is -2.42. The van der Waals surface area contributed by atoms with Crippen molar-refractivity contribution >= 4 is 17.4 Å². The number of thiophene rings is 1. The highest BCUT2D eigenvalue weighted by atomic mass is 32.1. The van der Waals surface area contributed by atoms with E-state index >= 15 is 0 Å². The Morgan fingerprint density at radius 1 is 1.43 bits per heavy atom. The van der Waals surface area contributed by atoms with E-state index in [9.17, 15) is 4.79 Å². The van der Waals surface area contributed by atoms with Gasteiger partial charge in [0.2, 0.25) is 0 Å². The van der Waals surface area contributed by atoms with Gasteiger partial charge in [-0.2, -0.15) is 0 Å². The lowest BCUT2D eigenvalue weighted by molar-refractivity contribution is 0.120. The molecule has 0 aromatic carbocycles. The highest BCUT2D eigenvalue weighted by molar-refractivity contribution is 7.09. The molecule has 0 unspecified atom stereocenters. The van der Waals surface area contributed by atoms with Crippen molar-refractivity contribution < 1.29 is 9.53 Å². The van der Waals surface area contributed by atoms with Gasteiger partial charge in [0.1, 0.15) is 0 Å². The number of piperidine rings is 1. The van der Waals surface area contributed by atoms with Gasteiger partial charge in [-0.05, 0) is 43.3 Å². The minimum absolute atomic E-state index is 0.0646. The fourth-order valence-corrected chi connectivity index (χ4v) is 3.16. The number of methoxy groups -OCH3 is 1. The van der Waals surface area contributed by atoms with Gasteiger partial charge in [-0.1, -0.05) is 6.07 Å². The normalized spacial score (nSPS) is 16.8. The number of hydrogen-bond acceptors (Lipinski definition) is 4. The van der Waals surface area contributed by atoms with Crippen molar-refractivity contribution in [3.05, 3.63) is 22.4 Å². The summed E-state index contributed by atoms with van der Waals surface area (Å²) >= 11 is 1.66. The second-order valence-electron chi connectivity index (χ2n) is 5.42. The van der Waals surface area contributed by atoms with Crippen LogP contribution in [-0.2, 0) is 11.3 Å². The minimum atomic E-state index is -0.0646. The van der Waals surface area contributed by atoms with Gasteiger partial charge in [0.05, 0.1) is 13.2 Å². The molecule has 6 heteroatoms. The molecule has 2 amide bonds. The van der Waals surface area contributed by atoms with E-state index in [1.165, 1.54) is 4.88 Å². The molecule has 1 fully saturated rings. The van der Waals surface area contributed by atoms with E-state index in [4.69, 9.17) is 4.74 Å². The van der Waals surface area contributed by atoms with Crippen LogP contribution in [0.15, 0.2) is 17.5 Å². The lowest BCUT2D eigenvalue weighted by atomic mass is 9.97. The largest absolute Gasteiger partial charge is 0.383 e. The molecular formula is C15H25N3O2S. The first kappa shape index (κ1) is 16.3. The van der Waals surface area contributed by atoms with Crippen LogP contribution in [0, 0.1) is 5.92 Å². The van der Waals surface area contributed by atoms with Crippen LogP contribution in [0.1, 0.15) is 17.7 Å². The molecule has 0 bridgehead atoms. The Morgan fingerprint density at radius 2 is 2.24 bits per heavy atom. The Morgan fingerprint density at radius 3 is 2.90 bits per heavy atom. The summed E-state index contributed by atoms with van der Waals surface area (Å²) in [6.07, 6.45) is 2.30. The van der Waals surface area contributed by atoms with Crippen LogP contribution in [0.2, 0.25) is 0 Å². The summed E-state index contributed by atoms with van der Waals surface area (Å²) < 4.78 is 5.10. The predicted octanol–water partition coefficient (Wildman–Crippen LogP) is 1.91. The Bertz CT molecular complexity index is 403. The summed E-state index contributed by atoms with van der Waals surface area (Å²) in [6, 6.07) is 3.96. The average molecular weight is 311 g/mol. The van der Waals surface area contributed by atoms with Crippen LogP contribution in [-0.4, -0.2) is 50.8 Å². The van der Waals surface area contributed by atoms with E-state index in [0.717, 1.165) is 45.6 Å². The number of ether oxygens (including phenoxy) is 1. The van der Waals surface area contributed by atoms with Crippen molar-refractivity contribution in [2.75, 3.05) is 39.9 Å². The van der Waals surface area contributed by atoms with Crippen LogP contribution in [0.5, 0.6) is 0 Å². The maximum atomic E-state index is 11.7. The molecule has 1 saturated heterocycles. The van der Waals surface area contributed by atoms with Crippen LogP contribution < -0.4 is 10.6 Å². The molecule has 0 aliphatic carbocycles. The molecule has 0 atom stereocenters. The molecular weight excluding hydrogens is 286 g/mol. The Labute approximate surface area is 130 Å². The first-order valence-electron chi connectivity index (χ1n) is 7.53. The zero-order valence-electron chi connectivity index (χ0n) is 12.6. The molecule has 118 valence electrons. The number of amides is 2. The number of rotatable bonds is 7. The Hall–Kier alpha value is -1.11. The maximum Gasteiger partial charge on any atom is 0.315 e. The van der Waals surface area contributed by atoms with Crippen LogP contribution >= 0.6 is 11.3 Å². The van der Waals surface area contributed by atoms with Gasteiger partial charge in [0, 0.05) is 25.1 Å². The zero-order valence-corrected chi connectivity index (χ0v) is 13.5. The molecule has 1 aliphatic rings. The van der Waals surface area contributed by atoms with Crippen molar-refractivity contribution in [3.63, 3.8) is 0 Å². The van der Waals surface area contributed by atoms with E-state index < -0.39 is 0 Å². The average Bonchev–Trinajstić information content (AvgIpc) is 3.03. The van der Waals surface area contributed by atoms with Crippen LogP contribution in [0.4, 0.5) is 4.79 Å². The van der Waals surface area contributed by atoms with E-state index in [1.807, 2.05) is 17.5 Å². The topological polar surface area (TPSA) is 53.6 Å². The lowest BCUT2D eigenvalue weighted by Gasteiger charge is -2.31. The van der Waals surface area contributed by atoms with Crippen molar-refractivity contribution in [2.45, 2.75) is 19.4 Å². The van der Waals surface area contributed by atoms with Gasteiger partial charge in [0.15, 0.2) is 0 Å². The molecule has 0 saturated carbocycles. The van der Waals surface area contributed by atoms with Crippen molar-refractivity contribution in [3.8, 4) is 0 Å². The standard InChI is InChI=1S/C15H25N3O2S/c1-20-9-8-18-6-4-13(5-7-18)11-16-15(19)17-12-14-3-2-10-21-14/h2-3,10,13H,4-9,11-12H2,1H3,(H2,16,17,19). The molecule has 2 N–H and O–H groups in total. The number of urea groups is 1. The third-order valence-corrected chi connectivity index (χ3v) is 4.75. The van der Waals surface area contributed by atoms with Gasteiger partial charge >= 0.3 is 6.03 Å². The first-order valence-corrected chi connectivity index (χ1v) is 8.41. The summed E-state index contributed by atoms with van der Waals surface area (Å²) in [4.78, 5) is 15.3. The predicted molar refractivity (Wildman–Crippen MR) is 85.6 cm³/mol. The van der Waals surface area contributed by atoms with Crippen molar-refractivity contribution in [1.29, 1.82) is 0 Å². The summed E-state index contributed by atoms with van der Waals surface area (Å²) in [7, 11) is 1.74. The van der Waals surface area contributed by atoms with E-state index in [1.54, 1.807) is 18.4 Å². The monoisotopic (exact) mass is 311 g/mol. The van der Waals surface area contributed by atoms with Crippen LogP contribution in [0.25, 0.3) is 0 Å². The molecule has 2 rings (SSSR count). The summed E-state index contributed by atoms with van der Waals surface area (Å²) in [5.41, 5.74) is 0. The van der Waals surface area contributed by atoms with Crippen LogP contribution in [0.3, 0.4) is 0 Å². The maximum absolute atomic E-state index is 11.7. The number of hydrogen-bond donors (Lipinski definition) is 2. The van der Waals surface area contributed by atoms with Gasteiger partial charge in [0.25, 0.3) is 0 Å². The zero-order chi connectivity index (χ0) is 14.9. The number of nitrogens with zero attached hydrogens (tertiary/aromatic N) is 1. The molecule has 1 aromatic rings. The molecule has 0 spiro atoms. The smallest absolute Gasteiger partial charge is 0.315 e. The Kier molecular flexibility index (Phi) is 6.99. The number of nitrogens with one attached hydrogen (secondary N) is 2. The van der Waals surface area contributed by atoms with Gasteiger partial charge in [-0.25, -0.2) is 4.79 Å².